The molecular weight excluding hydrogens is 326 g/mol. The molecular formula is C17H21N3OS2. The van der Waals surface area contributed by atoms with E-state index in [1.807, 2.05) is 17.9 Å². The fourth-order valence-electron chi connectivity index (χ4n) is 2.64. The molecule has 0 unspecified atom stereocenters. The van der Waals surface area contributed by atoms with Gasteiger partial charge in [0.15, 0.2) is 0 Å². The van der Waals surface area contributed by atoms with Gasteiger partial charge in [-0.25, -0.2) is 4.98 Å². The van der Waals surface area contributed by atoms with Crippen molar-refractivity contribution in [2.45, 2.75) is 20.4 Å². The Hall–Kier alpha value is -1.50. The maximum atomic E-state index is 12.3. The number of aryl methyl sites for hydroxylation is 2. The third-order valence-corrected chi connectivity index (χ3v) is 5.68. The topological polar surface area (TPSA) is 36.4 Å². The molecule has 1 aliphatic heterocycles. The lowest BCUT2D eigenvalue weighted by atomic mass is 10.2. The zero-order valence-electron chi connectivity index (χ0n) is 13.5. The highest BCUT2D eigenvalue weighted by atomic mass is 32.1. The molecule has 0 radical (unpaired) electrons. The number of nitrogens with zero attached hydrogens (tertiary/aromatic N) is 3. The van der Waals surface area contributed by atoms with E-state index in [0.717, 1.165) is 48.3 Å². The molecule has 0 atom stereocenters. The number of rotatable bonds is 4. The Morgan fingerprint density at radius 3 is 2.65 bits per heavy atom. The van der Waals surface area contributed by atoms with Crippen LogP contribution in [0.3, 0.4) is 0 Å². The Morgan fingerprint density at radius 2 is 2.04 bits per heavy atom. The molecule has 1 saturated heterocycles. The summed E-state index contributed by atoms with van der Waals surface area (Å²) in [5.74, 6) is 0.111. The van der Waals surface area contributed by atoms with Gasteiger partial charge in [0.25, 0.3) is 0 Å². The lowest BCUT2D eigenvalue weighted by Gasteiger charge is -2.33. The Bertz CT molecular complexity index is 696. The summed E-state index contributed by atoms with van der Waals surface area (Å²) in [5.41, 5.74) is 1.14. The van der Waals surface area contributed by atoms with E-state index in [1.165, 1.54) is 4.88 Å². The van der Waals surface area contributed by atoms with Gasteiger partial charge in [-0.2, -0.15) is 0 Å². The van der Waals surface area contributed by atoms with Gasteiger partial charge in [-0.3, -0.25) is 9.69 Å². The summed E-state index contributed by atoms with van der Waals surface area (Å²) in [6.45, 7) is 8.39. The average Bonchev–Trinajstić information content (AvgIpc) is 3.14. The third kappa shape index (κ3) is 4.50. The van der Waals surface area contributed by atoms with Gasteiger partial charge in [0.2, 0.25) is 5.91 Å². The highest BCUT2D eigenvalue weighted by molar-refractivity contribution is 7.12. The predicted molar refractivity (Wildman–Crippen MR) is 96.8 cm³/mol. The second kappa shape index (κ2) is 7.38. The van der Waals surface area contributed by atoms with Gasteiger partial charge in [-0.15, -0.1) is 22.7 Å². The van der Waals surface area contributed by atoms with Gasteiger partial charge in [-0.1, -0.05) is 0 Å². The van der Waals surface area contributed by atoms with Crippen molar-refractivity contribution in [2.24, 2.45) is 0 Å². The van der Waals surface area contributed by atoms with Crippen LogP contribution in [0.4, 0.5) is 0 Å². The molecule has 122 valence electrons. The van der Waals surface area contributed by atoms with Gasteiger partial charge < -0.3 is 4.90 Å². The van der Waals surface area contributed by atoms with E-state index in [4.69, 9.17) is 0 Å². The van der Waals surface area contributed by atoms with Crippen LogP contribution in [-0.2, 0) is 11.3 Å². The Balaban J connectivity index is 1.48. The molecule has 23 heavy (non-hydrogen) atoms. The first-order valence-electron chi connectivity index (χ1n) is 7.77. The molecule has 0 saturated carbocycles. The minimum Gasteiger partial charge on any atom is -0.337 e. The van der Waals surface area contributed by atoms with Crippen LogP contribution < -0.4 is 0 Å². The maximum absolute atomic E-state index is 12.3. The molecule has 0 aliphatic carbocycles. The zero-order valence-corrected chi connectivity index (χ0v) is 15.1. The minimum absolute atomic E-state index is 0.111. The second-order valence-corrected chi connectivity index (χ2v) is 8.12. The first-order chi connectivity index (χ1) is 11.1. The van der Waals surface area contributed by atoms with Crippen LogP contribution in [0, 0.1) is 13.8 Å². The highest BCUT2D eigenvalue weighted by Gasteiger charge is 2.20. The quantitative estimate of drug-likeness (QED) is 0.797. The van der Waals surface area contributed by atoms with E-state index in [1.54, 1.807) is 28.7 Å². The summed E-state index contributed by atoms with van der Waals surface area (Å²) >= 11 is 3.40. The highest BCUT2D eigenvalue weighted by Crippen LogP contribution is 2.17. The fraction of sp³-hybridized carbons (Fsp3) is 0.412. The normalized spacial score (nSPS) is 16.3. The maximum Gasteiger partial charge on any atom is 0.246 e. The predicted octanol–water partition coefficient (Wildman–Crippen LogP) is 3.18. The van der Waals surface area contributed by atoms with Crippen LogP contribution in [0.2, 0.25) is 0 Å². The summed E-state index contributed by atoms with van der Waals surface area (Å²) in [4.78, 5) is 23.5. The van der Waals surface area contributed by atoms with Crippen molar-refractivity contribution in [3.05, 3.63) is 44.0 Å². The van der Waals surface area contributed by atoms with E-state index in [9.17, 15) is 4.79 Å². The SMILES string of the molecule is Cc1ccc(/C=C/C(=O)N2CCN(Cc3csc(C)n3)CC2)s1. The standard InChI is InChI=1S/C17H21N3OS2/c1-13-3-4-16(23-13)5-6-17(21)20-9-7-19(8-10-20)11-15-12-22-14(2)18-15/h3-6,12H,7-11H2,1-2H3/b6-5+. The summed E-state index contributed by atoms with van der Waals surface area (Å²) in [7, 11) is 0. The van der Waals surface area contributed by atoms with Crippen LogP contribution >= 0.6 is 22.7 Å². The van der Waals surface area contributed by atoms with Crippen molar-refractivity contribution >= 4 is 34.7 Å². The molecule has 3 heterocycles. The van der Waals surface area contributed by atoms with Gasteiger partial charge in [0.1, 0.15) is 0 Å². The first kappa shape index (κ1) is 16.4. The fourth-order valence-corrected chi connectivity index (χ4v) is 4.02. The number of thiophene rings is 1. The van der Waals surface area contributed by atoms with Crippen molar-refractivity contribution < 1.29 is 4.79 Å². The first-order valence-corrected chi connectivity index (χ1v) is 9.46. The molecule has 2 aromatic rings. The van der Waals surface area contributed by atoms with Crippen LogP contribution in [0.5, 0.6) is 0 Å². The smallest absolute Gasteiger partial charge is 0.246 e. The van der Waals surface area contributed by atoms with Crippen molar-refractivity contribution in [3.63, 3.8) is 0 Å². The number of hydrogen-bond donors (Lipinski definition) is 0. The van der Waals surface area contributed by atoms with Crippen LogP contribution in [0.15, 0.2) is 23.6 Å². The van der Waals surface area contributed by atoms with Crippen molar-refractivity contribution in [3.8, 4) is 0 Å². The van der Waals surface area contributed by atoms with Crippen molar-refractivity contribution in [1.29, 1.82) is 0 Å². The Labute approximate surface area is 145 Å². The molecule has 4 nitrogen and oxygen atoms in total. The number of amides is 1. The molecule has 0 spiro atoms. The number of hydrogen-bond acceptors (Lipinski definition) is 5. The van der Waals surface area contributed by atoms with E-state index < -0.39 is 0 Å². The molecule has 2 aromatic heterocycles. The van der Waals surface area contributed by atoms with Gasteiger partial charge in [0, 0.05) is 53.9 Å². The summed E-state index contributed by atoms with van der Waals surface area (Å²) in [6, 6.07) is 4.13. The number of carbonyl (C=O) groups excluding carboxylic acids is 1. The molecule has 1 fully saturated rings. The van der Waals surface area contributed by atoms with Crippen LogP contribution in [0.25, 0.3) is 6.08 Å². The van der Waals surface area contributed by atoms with Crippen molar-refractivity contribution in [1.82, 2.24) is 14.8 Å². The number of carbonyl (C=O) groups is 1. The number of aromatic nitrogens is 1. The molecule has 0 bridgehead atoms. The second-order valence-electron chi connectivity index (χ2n) is 5.74. The lowest BCUT2D eigenvalue weighted by molar-refractivity contribution is -0.127. The monoisotopic (exact) mass is 347 g/mol. The van der Waals surface area contributed by atoms with E-state index in [0.29, 0.717) is 0 Å². The molecule has 1 amide bonds. The third-order valence-electron chi connectivity index (χ3n) is 3.89. The average molecular weight is 348 g/mol. The number of thiazole rings is 1. The Morgan fingerprint density at radius 1 is 1.26 bits per heavy atom. The van der Waals surface area contributed by atoms with E-state index in [-0.39, 0.29) is 5.91 Å². The lowest BCUT2D eigenvalue weighted by Crippen LogP contribution is -2.47. The molecule has 0 aromatic carbocycles. The van der Waals surface area contributed by atoms with E-state index in [2.05, 4.69) is 34.3 Å². The number of piperazine rings is 1. The van der Waals surface area contributed by atoms with Gasteiger partial charge in [0.05, 0.1) is 10.7 Å². The van der Waals surface area contributed by atoms with Crippen LogP contribution in [-0.4, -0.2) is 46.9 Å². The van der Waals surface area contributed by atoms with Crippen LogP contribution in [0.1, 0.15) is 20.5 Å². The molecule has 1 aliphatic rings. The summed E-state index contributed by atoms with van der Waals surface area (Å²) in [5, 5.41) is 3.24. The molecule has 6 heteroatoms. The minimum atomic E-state index is 0.111. The largest absolute Gasteiger partial charge is 0.337 e. The van der Waals surface area contributed by atoms with E-state index >= 15 is 0 Å². The van der Waals surface area contributed by atoms with Crippen molar-refractivity contribution in [2.75, 3.05) is 26.2 Å². The summed E-state index contributed by atoms with van der Waals surface area (Å²) < 4.78 is 0. The molecule has 0 N–H and O–H groups in total. The zero-order chi connectivity index (χ0) is 16.2. The van der Waals surface area contributed by atoms with Gasteiger partial charge >= 0.3 is 0 Å². The Kier molecular flexibility index (Phi) is 5.25. The molecule has 3 rings (SSSR count). The van der Waals surface area contributed by atoms with Gasteiger partial charge in [-0.05, 0) is 32.1 Å². The summed E-state index contributed by atoms with van der Waals surface area (Å²) in [6.07, 6.45) is 3.62.